The SMILES string of the molecule is CC(C)(c1ccc(O)c(O)c1)c1ccc(O)cc1O. The fourth-order valence-electron chi connectivity index (χ4n) is 2.12. The topological polar surface area (TPSA) is 80.9 Å². The van der Waals surface area contributed by atoms with E-state index in [9.17, 15) is 20.4 Å². The van der Waals surface area contributed by atoms with Gasteiger partial charge in [-0.3, -0.25) is 0 Å². The summed E-state index contributed by atoms with van der Waals surface area (Å²) in [6, 6.07) is 8.95. The molecule has 0 radical (unpaired) electrons. The van der Waals surface area contributed by atoms with E-state index in [1.165, 1.54) is 24.3 Å². The second-order valence-corrected chi connectivity index (χ2v) is 5.03. The molecule has 2 aromatic carbocycles. The second-order valence-electron chi connectivity index (χ2n) is 5.03. The number of benzene rings is 2. The van der Waals surface area contributed by atoms with Gasteiger partial charge in [0.05, 0.1) is 0 Å². The van der Waals surface area contributed by atoms with Crippen molar-refractivity contribution >= 4 is 0 Å². The number of phenolic OH excluding ortho intramolecular Hbond substituents is 4. The van der Waals surface area contributed by atoms with Crippen LogP contribution in [0.5, 0.6) is 23.0 Å². The molecule has 4 heteroatoms. The zero-order valence-corrected chi connectivity index (χ0v) is 10.8. The molecule has 2 rings (SSSR count). The molecule has 19 heavy (non-hydrogen) atoms. The van der Waals surface area contributed by atoms with Crippen molar-refractivity contribution in [2.45, 2.75) is 19.3 Å². The molecular formula is C15H16O4. The maximum atomic E-state index is 9.94. The Morgan fingerprint density at radius 2 is 1.42 bits per heavy atom. The van der Waals surface area contributed by atoms with Crippen molar-refractivity contribution in [3.8, 4) is 23.0 Å². The predicted molar refractivity (Wildman–Crippen MR) is 71.7 cm³/mol. The molecule has 0 aromatic heterocycles. The van der Waals surface area contributed by atoms with Gasteiger partial charge >= 0.3 is 0 Å². The molecule has 0 spiro atoms. The van der Waals surface area contributed by atoms with Crippen molar-refractivity contribution in [1.29, 1.82) is 0 Å². The Morgan fingerprint density at radius 3 is 2.00 bits per heavy atom. The van der Waals surface area contributed by atoms with Crippen molar-refractivity contribution in [3.63, 3.8) is 0 Å². The van der Waals surface area contributed by atoms with E-state index >= 15 is 0 Å². The summed E-state index contributed by atoms with van der Waals surface area (Å²) < 4.78 is 0. The van der Waals surface area contributed by atoms with Crippen molar-refractivity contribution in [1.82, 2.24) is 0 Å². The lowest BCUT2D eigenvalue weighted by atomic mass is 9.77. The van der Waals surface area contributed by atoms with Crippen LogP contribution < -0.4 is 0 Å². The van der Waals surface area contributed by atoms with E-state index in [4.69, 9.17) is 0 Å². The Morgan fingerprint density at radius 1 is 0.737 bits per heavy atom. The number of hydrogen-bond donors (Lipinski definition) is 4. The minimum atomic E-state index is -0.580. The summed E-state index contributed by atoms with van der Waals surface area (Å²) in [6.07, 6.45) is 0. The third-order valence-corrected chi connectivity index (χ3v) is 3.35. The van der Waals surface area contributed by atoms with Crippen LogP contribution in [0.2, 0.25) is 0 Å². The highest BCUT2D eigenvalue weighted by Crippen LogP contribution is 2.40. The molecule has 0 saturated carbocycles. The van der Waals surface area contributed by atoms with Crippen LogP contribution in [-0.4, -0.2) is 20.4 Å². The Hall–Kier alpha value is -2.36. The number of aromatic hydroxyl groups is 4. The van der Waals surface area contributed by atoms with Gasteiger partial charge in [0.25, 0.3) is 0 Å². The third-order valence-electron chi connectivity index (χ3n) is 3.35. The lowest BCUT2D eigenvalue weighted by molar-refractivity contribution is 0.401. The number of phenols is 4. The molecule has 0 saturated heterocycles. The van der Waals surface area contributed by atoms with Gasteiger partial charge in [0, 0.05) is 17.0 Å². The highest BCUT2D eigenvalue weighted by Gasteiger charge is 2.27. The summed E-state index contributed by atoms with van der Waals surface area (Å²) in [5, 5.41) is 38.2. The molecule has 0 aliphatic carbocycles. The van der Waals surface area contributed by atoms with Crippen LogP contribution in [0.1, 0.15) is 25.0 Å². The Kier molecular flexibility index (Phi) is 3.02. The van der Waals surface area contributed by atoms with Crippen LogP contribution in [0.25, 0.3) is 0 Å². The van der Waals surface area contributed by atoms with Gasteiger partial charge in [0.15, 0.2) is 11.5 Å². The molecule has 0 aliphatic heterocycles. The first kappa shape index (κ1) is 13.1. The first-order valence-corrected chi connectivity index (χ1v) is 5.87. The minimum Gasteiger partial charge on any atom is -0.508 e. The van der Waals surface area contributed by atoms with Gasteiger partial charge in [-0.05, 0) is 23.8 Å². The van der Waals surface area contributed by atoms with Gasteiger partial charge in [-0.15, -0.1) is 0 Å². The summed E-state index contributed by atoms with van der Waals surface area (Å²) in [5.74, 6) is -0.415. The summed E-state index contributed by atoms with van der Waals surface area (Å²) in [4.78, 5) is 0. The minimum absolute atomic E-state index is 0.00870. The molecule has 4 N–H and O–H groups in total. The van der Waals surface area contributed by atoms with Crippen molar-refractivity contribution in [3.05, 3.63) is 47.5 Å². The zero-order chi connectivity index (χ0) is 14.2. The van der Waals surface area contributed by atoms with Gasteiger partial charge in [-0.25, -0.2) is 0 Å². The van der Waals surface area contributed by atoms with Crippen LogP contribution in [0.4, 0.5) is 0 Å². The molecule has 0 unspecified atom stereocenters. The molecule has 0 aliphatic rings. The van der Waals surface area contributed by atoms with Crippen LogP contribution >= 0.6 is 0 Å². The Labute approximate surface area is 111 Å². The van der Waals surface area contributed by atoms with Gasteiger partial charge < -0.3 is 20.4 Å². The van der Waals surface area contributed by atoms with Crippen molar-refractivity contribution in [2.75, 3.05) is 0 Å². The van der Waals surface area contributed by atoms with E-state index in [1.54, 1.807) is 12.1 Å². The number of hydrogen-bond acceptors (Lipinski definition) is 4. The van der Waals surface area contributed by atoms with Gasteiger partial charge in [0.2, 0.25) is 0 Å². The molecule has 4 nitrogen and oxygen atoms in total. The highest BCUT2D eigenvalue weighted by molar-refractivity contribution is 5.51. The molecule has 0 heterocycles. The third kappa shape index (κ3) is 2.29. The van der Waals surface area contributed by atoms with E-state index in [-0.39, 0.29) is 23.0 Å². The van der Waals surface area contributed by atoms with E-state index < -0.39 is 5.41 Å². The summed E-state index contributed by atoms with van der Waals surface area (Å²) in [6.45, 7) is 3.76. The summed E-state index contributed by atoms with van der Waals surface area (Å²) in [5.41, 5.74) is 0.780. The molecule has 0 bridgehead atoms. The molecule has 0 amide bonds. The predicted octanol–water partition coefficient (Wildman–Crippen LogP) is 2.83. The quantitative estimate of drug-likeness (QED) is 0.626. The molecule has 100 valence electrons. The van der Waals surface area contributed by atoms with E-state index in [1.807, 2.05) is 13.8 Å². The van der Waals surface area contributed by atoms with E-state index in [2.05, 4.69) is 0 Å². The standard InChI is InChI=1S/C15H16O4/c1-15(2,9-3-6-12(17)14(19)7-9)11-5-4-10(16)8-13(11)18/h3-8,16-19H,1-2H3. The second kappa shape index (κ2) is 4.39. The Bertz CT molecular complexity index is 618. The van der Waals surface area contributed by atoms with Crippen LogP contribution in [0.3, 0.4) is 0 Å². The first-order valence-electron chi connectivity index (χ1n) is 5.87. The normalized spacial score (nSPS) is 11.5. The molecular weight excluding hydrogens is 244 g/mol. The smallest absolute Gasteiger partial charge is 0.157 e. The average Bonchev–Trinajstić information content (AvgIpc) is 2.32. The lowest BCUT2D eigenvalue weighted by Crippen LogP contribution is -2.18. The number of rotatable bonds is 2. The van der Waals surface area contributed by atoms with Crippen LogP contribution in [0, 0.1) is 0 Å². The summed E-state index contributed by atoms with van der Waals surface area (Å²) >= 11 is 0. The first-order chi connectivity index (χ1) is 8.82. The van der Waals surface area contributed by atoms with E-state index in [0.717, 1.165) is 5.56 Å². The lowest BCUT2D eigenvalue weighted by Gasteiger charge is -2.27. The van der Waals surface area contributed by atoms with Crippen LogP contribution in [0.15, 0.2) is 36.4 Å². The van der Waals surface area contributed by atoms with Gasteiger partial charge in [0.1, 0.15) is 11.5 Å². The largest absolute Gasteiger partial charge is 0.508 e. The zero-order valence-electron chi connectivity index (χ0n) is 10.8. The molecule has 0 fully saturated rings. The van der Waals surface area contributed by atoms with Crippen molar-refractivity contribution < 1.29 is 20.4 Å². The monoisotopic (exact) mass is 260 g/mol. The maximum Gasteiger partial charge on any atom is 0.157 e. The van der Waals surface area contributed by atoms with Gasteiger partial charge in [-0.2, -0.15) is 0 Å². The molecule has 2 aromatic rings. The fourth-order valence-corrected chi connectivity index (χ4v) is 2.12. The average molecular weight is 260 g/mol. The maximum absolute atomic E-state index is 9.94. The highest BCUT2D eigenvalue weighted by atomic mass is 16.3. The Balaban J connectivity index is 2.54. The van der Waals surface area contributed by atoms with E-state index in [0.29, 0.717) is 5.56 Å². The molecule has 0 atom stereocenters. The fraction of sp³-hybridized carbons (Fsp3) is 0.200. The van der Waals surface area contributed by atoms with Gasteiger partial charge in [-0.1, -0.05) is 26.0 Å². The van der Waals surface area contributed by atoms with Crippen molar-refractivity contribution in [2.24, 2.45) is 0 Å². The van der Waals surface area contributed by atoms with Crippen LogP contribution in [-0.2, 0) is 5.41 Å². The summed E-state index contributed by atoms with van der Waals surface area (Å²) in [7, 11) is 0.